The molecule has 0 radical (unpaired) electrons. The number of rotatable bonds is 6. The van der Waals surface area contributed by atoms with Crippen LogP contribution in [0.4, 0.5) is 0 Å². The maximum Gasteiger partial charge on any atom is 0.240 e. The molecular weight excluding hydrogens is 272 g/mol. The number of nitrogens with two attached hydrogens (primary N) is 1. The van der Waals surface area contributed by atoms with Gasteiger partial charge < -0.3 is 10.6 Å². The lowest BCUT2D eigenvalue weighted by Gasteiger charge is -2.26. The van der Waals surface area contributed by atoms with Crippen LogP contribution in [0.15, 0.2) is 24.3 Å². The molecule has 0 aromatic heterocycles. The van der Waals surface area contributed by atoms with E-state index in [-0.39, 0.29) is 11.9 Å². The van der Waals surface area contributed by atoms with Gasteiger partial charge in [-0.05, 0) is 42.9 Å². The Morgan fingerprint density at radius 1 is 1.35 bits per heavy atom. The molecule has 1 aromatic rings. The first kappa shape index (κ1) is 15.3. The molecule has 2 rings (SSSR count). The summed E-state index contributed by atoms with van der Waals surface area (Å²) in [5, 5.41) is 0.717. The molecule has 0 spiro atoms. The summed E-state index contributed by atoms with van der Waals surface area (Å²) in [6, 6.07) is 7.65. The Balaban J connectivity index is 2.03. The number of nitrogens with zero attached hydrogens (tertiary/aromatic N) is 1. The maximum atomic E-state index is 12.5. The van der Waals surface area contributed by atoms with Crippen molar-refractivity contribution in [2.45, 2.75) is 51.7 Å². The quantitative estimate of drug-likeness (QED) is 0.876. The van der Waals surface area contributed by atoms with Crippen molar-refractivity contribution < 1.29 is 4.79 Å². The summed E-state index contributed by atoms with van der Waals surface area (Å²) < 4.78 is 0. The minimum Gasteiger partial charge on any atom is -0.334 e. The molecule has 1 aromatic carbocycles. The Labute approximate surface area is 126 Å². The van der Waals surface area contributed by atoms with Crippen LogP contribution >= 0.6 is 11.6 Å². The topological polar surface area (TPSA) is 46.3 Å². The summed E-state index contributed by atoms with van der Waals surface area (Å²) in [4.78, 5) is 14.4. The lowest BCUT2D eigenvalue weighted by molar-refractivity contribution is -0.134. The fraction of sp³-hybridized carbons (Fsp3) is 0.562. The number of halogens is 1. The van der Waals surface area contributed by atoms with Gasteiger partial charge in [0.1, 0.15) is 0 Å². The van der Waals surface area contributed by atoms with E-state index in [1.807, 2.05) is 29.2 Å². The van der Waals surface area contributed by atoms with Crippen LogP contribution in [0.25, 0.3) is 0 Å². The monoisotopic (exact) mass is 294 g/mol. The van der Waals surface area contributed by atoms with E-state index in [1.165, 1.54) is 0 Å². The molecule has 1 saturated carbocycles. The van der Waals surface area contributed by atoms with E-state index in [0.717, 1.165) is 29.8 Å². The highest BCUT2D eigenvalue weighted by atomic mass is 35.5. The Hall–Kier alpha value is -1.06. The van der Waals surface area contributed by atoms with Crippen LogP contribution < -0.4 is 5.73 Å². The molecule has 110 valence electrons. The normalized spacial score (nSPS) is 16.2. The van der Waals surface area contributed by atoms with Crippen LogP contribution in [-0.4, -0.2) is 22.9 Å². The molecule has 0 saturated heterocycles. The molecule has 1 atom stereocenters. The van der Waals surface area contributed by atoms with Crippen molar-refractivity contribution in [2.75, 3.05) is 0 Å². The van der Waals surface area contributed by atoms with Gasteiger partial charge in [0.15, 0.2) is 0 Å². The van der Waals surface area contributed by atoms with Gasteiger partial charge in [0.2, 0.25) is 5.91 Å². The Morgan fingerprint density at radius 2 is 1.95 bits per heavy atom. The first-order valence-corrected chi connectivity index (χ1v) is 7.65. The number of carbonyl (C=O) groups excluding carboxylic acids is 1. The van der Waals surface area contributed by atoms with Gasteiger partial charge in [-0.15, -0.1) is 0 Å². The van der Waals surface area contributed by atoms with E-state index in [4.69, 9.17) is 17.3 Å². The van der Waals surface area contributed by atoms with Crippen LogP contribution in [0.3, 0.4) is 0 Å². The van der Waals surface area contributed by atoms with Crippen molar-refractivity contribution >= 4 is 17.5 Å². The van der Waals surface area contributed by atoms with E-state index in [1.54, 1.807) is 0 Å². The third-order valence-corrected chi connectivity index (χ3v) is 3.83. The molecule has 3 nitrogen and oxygen atoms in total. The predicted molar refractivity (Wildman–Crippen MR) is 82.5 cm³/mol. The highest BCUT2D eigenvalue weighted by Crippen LogP contribution is 2.29. The summed E-state index contributed by atoms with van der Waals surface area (Å²) >= 11 is 5.89. The van der Waals surface area contributed by atoms with Crippen LogP contribution in [-0.2, 0) is 11.3 Å². The number of benzene rings is 1. The number of hydrogen-bond donors (Lipinski definition) is 1. The van der Waals surface area contributed by atoms with Gasteiger partial charge in [0, 0.05) is 17.6 Å². The second-order valence-electron chi connectivity index (χ2n) is 6.06. The van der Waals surface area contributed by atoms with E-state index in [0.29, 0.717) is 18.5 Å². The smallest absolute Gasteiger partial charge is 0.240 e. The van der Waals surface area contributed by atoms with Gasteiger partial charge in [-0.25, -0.2) is 0 Å². The Kier molecular flexibility index (Phi) is 5.06. The first-order chi connectivity index (χ1) is 9.47. The van der Waals surface area contributed by atoms with E-state index in [2.05, 4.69) is 13.8 Å². The Bertz CT molecular complexity index is 454. The van der Waals surface area contributed by atoms with Crippen molar-refractivity contribution in [3.63, 3.8) is 0 Å². The zero-order valence-electron chi connectivity index (χ0n) is 12.2. The maximum absolute atomic E-state index is 12.5. The number of carbonyl (C=O) groups is 1. The molecule has 0 aliphatic heterocycles. The van der Waals surface area contributed by atoms with Crippen molar-refractivity contribution in [3.05, 3.63) is 34.9 Å². The molecule has 0 heterocycles. The number of amides is 1. The molecule has 2 N–H and O–H groups in total. The summed E-state index contributed by atoms with van der Waals surface area (Å²) in [5.74, 6) is 0.515. The lowest BCUT2D eigenvalue weighted by atomic mass is 10.0. The second-order valence-corrected chi connectivity index (χ2v) is 6.50. The highest BCUT2D eigenvalue weighted by Gasteiger charge is 2.34. The van der Waals surface area contributed by atoms with Crippen molar-refractivity contribution in [1.82, 2.24) is 4.90 Å². The van der Waals surface area contributed by atoms with Crippen molar-refractivity contribution in [1.29, 1.82) is 0 Å². The van der Waals surface area contributed by atoms with E-state index in [9.17, 15) is 4.79 Å². The van der Waals surface area contributed by atoms with Crippen molar-refractivity contribution in [3.8, 4) is 0 Å². The van der Waals surface area contributed by atoms with Gasteiger partial charge in [-0.2, -0.15) is 0 Å². The van der Waals surface area contributed by atoms with E-state index >= 15 is 0 Å². The van der Waals surface area contributed by atoms with Gasteiger partial charge in [0.25, 0.3) is 0 Å². The molecule has 0 bridgehead atoms. The molecule has 1 aliphatic carbocycles. The highest BCUT2D eigenvalue weighted by molar-refractivity contribution is 6.30. The zero-order chi connectivity index (χ0) is 14.7. The number of hydrogen-bond acceptors (Lipinski definition) is 2. The second kappa shape index (κ2) is 6.59. The summed E-state index contributed by atoms with van der Waals surface area (Å²) in [7, 11) is 0. The van der Waals surface area contributed by atoms with Gasteiger partial charge in [0.05, 0.1) is 6.04 Å². The Morgan fingerprint density at radius 3 is 2.45 bits per heavy atom. The summed E-state index contributed by atoms with van der Waals surface area (Å²) in [6.07, 6.45) is 2.92. The summed E-state index contributed by atoms with van der Waals surface area (Å²) in [6.45, 7) is 4.81. The molecule has 1 aliphatic rings. The molecule has 4 heteroatoms. The largest absolute Gasteiger partial charge is 0.334 e. The van der Waals surface area contributed by atoms with Gasteiger partial charge in [-0.3, -0.25) is 4.79 Å². The molecule has 1 amide bonds. The average Bonchev–Trinajstić information content (AvgIpc) is 3.21. The van der Waals surface area contributed by atoms with Crippen LogP contribution in [0.1, 0.15) is 38.7 Å². The average molecular weight is 295 g/mol. The lowest BCUT2D eigenvalue weighted by Crippen LogP contribution is -2.45. The third-order valence-electron chi connectivity index (χ3n) is 3.58. The van der Waals surface area contributed by atoms with E-state index < -0.39 is 0 Å². The SMILES string of the molecule is CC(C)C[C@H](N)C(=O)N(Cc1ccc(Cl)cc1)C1CC1. The predicted octanol–water partition coefficient (Wildman–Crippen LogP) is 3.20. The molecule has 0 unspecified atom stereocenters. The van der Waals surface area contributed by atoms with Crippen LogP contribution in [0.2, 0.25) is 5.02 Å². The summed E-state index contributed by atoms with van der Waals surface area (Å²) in [5.41, 5.74) is 7.15. The fourth-order valence-electron chi connectivity index (χ4n) is 2.38. The first-order valence-electron chi connectivity index (χ1n) is 7.28. The molecular formula is C16H23ClN2O. The fourth-order valence-corrected chi connectivity index (χ4v) is 2.51. The van der Waals surface area contributed by atoms with Crippen LogP contribution in [0, 0.1) is 5.92 Å². The zero-order valence-corrected chi connectivity index (χ0v) is 12.9. The minimum atomic E-state index is -0.386. The van der Waals surface area contributed by atoms with Gasteiger partial charge in [-0.1, -0.05) is 37.6 Å². The molecule has 20 heavy (non-hydrogen) atoms. The minimum absolute atomic E-state index is 0.0798. The van der Waals surface area contributed by atoms with Crippen molar-refractivity contribution in [2.24, 2.45) is 11.7 Å². The molecule has 1 fully saturated rings. The van der Waals surface area contributed by atoms with Crippen LogP contribution in [0.5, 0.6) is 0 Å². The standard InChI is InChI=1S/C16H23ClN2O/c1-11(2)9-15(18)16(20)19(14-7-8-14)10-12-3-5-13(17)6-4-12/h3-6,11,14-15H,7-10,18H2,1-2H3/t15-/m0/s1. The van der Waals surface area contributed by atoms with Gasteiger partial charge >= 0.3 is 0 Å². The third kappa shape index (κ3) is 4.22.